The summed E-state index contributed by atoms with van der Waals surface area (Å²) in [6.07, 6.45) is 0.746. The second-order valence-corrected chi connectivity index (χ2v) is 9.58. The summed E-state index contributed by atoms with van der Waals surface area (Å²) in [7, 11) is -2.22. The number of carbonyl (C=O) groups is 1. The molecule has 1 N–H and O–H groups in total. The summed E-state index contributed by atoms with van der Waals surface area (Å²) in [5, 5.41) is 3.08. The molecule has 6 heteroatoms. The molecule has 162 valence electrons. The predicted molar refractivity (Wildman–Crippen MR) is 125 cm³/mol. The highest BCUT2D eigenvalue weighted by Gasteiger charge is 2.22. The Bertz CT molecular complexity index is 1170. The van der Waals surface area contributed by atoms with Crippen LogP contribution in [0.15, 0.2) is 77.7 Å². The van der Waals surface area contributed by atoms with Gasteiger partial charge >= 0.3 is 0 Å². The molecule has 0 aliphatic carbocycles. The number of benzene rings is 3. The van der Waals surface area contributed by atoms with Gasteiger partial charge in [-0.2, -0.15) is 0 Å². The largest absolute Gasteiger partial charge is 0.345 e. The molecule has 1 atom stereocenters. The number of rotatable bonds is 7. The van der Waals surface area contributed by atoms with E-state index >= 15 is 0 Å². The highest BCUT2D eigenvalue weighted by molar-refractivity contribution is 7.92. The minimum Gasteiger partial charge on any atom is -0.345 e. The van der Waals surface area contributed by atoms with Crippen molar-refractivity contribution in [3.8, 4) is 0 Å². The molecule has 0 saturated heterocycles. The normalized spacial score (nSPS) is 12.3. The van der Waals surface area contributed by atoms with Gasteiger partial charge in [0, 0.05) is 12.6 Å². The first-order valence-corrected chi connectivity index (χ1v) is 11.7. The van der Waals surface area contributed by atoms with Gasteiger partial charge in [0.05, 0.1) is 16.6 Å². The van der Waals surface area contributed by atoms with Crippen LogP contribution in [0.3, 0.4) is 0 Å². The van der Waals surface area contributed by atoms with E-state index in [2.05, 4.69) is 31.3 Å². The number of aryl methyl sites for hydroxylation is 2. The minimum absolute atomic E-state index is 0.124. The van der Waals surface area contributed by atoms with Crippen LogP contribution in [0.4, 0.5) is 5.69 Å². The lowest BCUT2D eigenvalue weighted by molar-refractivity contribution is 0.0935. The number of hydrogen-bond acceptors (Lipinski definition) is 3. The van der Waals surface area contributed by atoms with Crippen molar-refractivity contribution in [2.45, 2.75) is 38.1 Å². The molecule has 5 nitrogen and oxygen atoms in total. The third kappa shape index (κ3) is 4.97. The van der Waals surface area contributed by atoms with Crippen molar-refractivity contribution in [1.82, 2.24) is 5.32 Å². The Hall–Kier alpha value is -3.12. The van der Waals surface area contributed by atoms with Crippen molar-refractivity contribution in [2.75, 3.05) is 11.4 Å². The van der Waals surface area contributed by atoms with Crippen molar-refractivity contribution >= 4 is 21.6 Å². The van der Waals surface area contributed by atoms with Crippen LogP contribution in [0.25, 0.3) is 0 Å². The van der Waals surface area contributed by atoms with Crippen molar-refractivity contribution in [1.29, 1.82) is 0 Å². The maximum absolute atomic E-state index is 13.0. The molecule has 1 unspecified atom stereocenters. The standard InChI is InChI=1S/C25H28N2O3S/c1-5-24(20-15-14-18(2)19(3)16-20)26-25(28)21-10-9-11-22(17-21)27(4)31(29,30)23-12-7-6-8-13-23/h6-17,24H,5H2,1-4H3,(H,26,28). The predicted octanol–water partition coefficient (Wildman–Crippen LogP) is 5.01. The minimum atomic E-state index is -3.71. The summed E-state index contributed by atoms with van der Waals surface area (Å²) < 4.78 is 27.0. The first kappa shape index (κ1) is 22.6. The van der Waals surface area contributed by atoms with E-state index in [9.17, 15) is 13.2 Å². The zero-order valence-electron chi connectivity index (χ0n) is 18.3. The van der Waals surface area contributed by atoms with Gasteiger partial charge in [-0.15, -0.1) is 0 Å². The average Bonchev–Trinajstić information content (AvgIpc) is 2.79. The molecule has 0 aliphatic rings. The average molecular weight is 437 g/mol. The smallest absolute Gasteiger partial charge is 0.264 e. The lowest BCUT2D eigenvalue weighted by Gasteiger charge is -2.21. The van der Waals surface area contributed by atoms with Crippen LogP contribution in [0.1, 0.15) is 46.4 Å². The van der Waals surface area contributed by atoms with Crippen LogP contribution in [0, 0.1) is 13.8 Å². The zero-order chi connectivity index (χ0) is 22.6. The monoisotopic (exact) mass is 436 g/mol. The Kier molecular flexibility index (Phi) is 6.81. The van der Waals surface area contributed by atoms with Gasteiger partial charge in [-0.3, -0.25) is 9.10 Å². The number of nitrogens with one attached hydrogen (secondary N) is 1. The quantitative estimate of drug-likeness (QED) is 0.566. The molecule has 0 aliphatic heterocycles. The van der Waals surface area contributed by atoms with Gasteiger partial charge in [-0.05, 0) is 67.3 Å². The Morgan fingerprint density at radius 3 is 2.29 bits per heavy atom. The Morgan fingerprint density at radius 1 is 0.935 bits per heavy atom. The maximum Gasteiger partial charge on any atom is 0.264 e. The molecule has 0 spiro atoms. The van der Waals surface area contributed by atoms with Gasteiger partial charge in [0.25, 0.3) is 15.9 Å². The van der Waals surface area contributed by atoms with E-state index in [1.165, 1.54) is 22.5 Å². The molecular weight excluding hydrogens is 408 g/mol. The number of sulfonamides is 1. The van der Waals surface area contributed by atoms with E-state index in [0.717, 1.165) is 12.0 Å². The van der Waals surface area contributed by atoms with Crippen LogP contribution >= 0.6 is 0 Å². The molecule has 31 heavy (non-hydrogen) atoms. The number of anilines is 1. The third-order valence-electron chi connectivity index (χ3n) is 5.52. The summed E-state index contributed by atoms with van der Waals surface area (Å²) in [6, 6.07) is 21.0. The van der Waals surface area contributed by atoms with Crippen LogP contribution in [0.5, 0.6) is 0 Å². The highest BCUT2D eigenvalue weighted by atomic mass is 32.2. The number of hydrogen-bond donors (Lipinski definition) is 1. The van der Waals surface area contributed by atoms with Crippen LogP contribution in [0.2, 0.25) is 0 Å². The summed E-state index contributed by atoms with van der Waals surface area (Å²) in [5.74, 6) is -0.238. The molecule has 0 aromatic heterocycles. The summed E-state index contributed by atoms with van der Waals surface area (Å²) in [5.41, 5.74) is 4.28. The fourth-order valence-corrected chi connectivity index (χ4v) is 4.58. The van der Waals surface area contributed by atoms with E-state index < -0.39 is 10.0 Å². The Morgan fingerprint density at radius 2 is 1.65 bits per heavy atom. The van der Waals surface area contributed by atoms with E-state index in [4.69, 9.17) is 0 Å². The molecule has 0 heterocycles. The maximum atomic E-state index is 13.0. The van der Waals surface area contributed by atoms with Crippen LogP contribution in [-0.4, -0.2) is 21.4 Å². The van der Waals surface area contributed by atoms with Crippen molar-refractivity contribution < 1.29 is 13.2 Å². The second-order valence-electron chi connectivity index (χ2n) is 7.61. The molecule has 3 aromatic rings. The van der Waals surface area contributed by atoms with Gasteiger partial charge in [0.1, 0.15) is 0 Å². The lowest BCUT2D eigenvalue weighted by Crippen LogP contribution is -2.29. The van der Waals surface area contributed by atoms with Gasteiger partial charge in [0.15, 0.2) is 0 Å². The Balaban J connectivity index is 1.83. The van der Waals surface area contributed by atoms with E-state index in [1.807, 2.05) is 13.0 Å². The van der Waals surface area contributed by atoms with Gasteiger partial charge < -0.3 is 5.32 Å². The van der Waals surface area contributed by atoms with Crippen molar-refractivity contribution in [3.05, 3.63) is 95.1 Å². The molecule has 3 rings (SSSR count). The molecule has 3 aromatic carbocycles. The summed E-state index contributed by atoms with van der Waals surface area (Å²) in [4.78, 5) is 13.2. The molecule has 1 amide bonds. The van der Waals surface area contributed by atoms with Crippen molar-refractivity contribution in [3.63, 3.8) is 0 Å². The SMILES string of the molecule is CCC(NC(=O)c1cccc(N(C)S(=O)(=O)c2ccccc2)c1)c1ccc(C)c(C)c1. The number of nitrogens with zero attached hydrogens (tertiary/aromatic N) is 1. The number of carbonyl (C=O) groups excluding carboxylic acids is 1. The number of amides is 1. The first-order chi connectivity index (χ1) is 14.7. The lowest BCUT2D eigenvalue weighted by atomic mass is 9.99. The molecule has 0 bridgehead atoms. The fraction of sp³-hybridized carbons (Fsp3) is 0.240. The third-order valence-corrected chi connectivity index (χ3v) is 7.32. The second kappa shape index (κ2) is 9.35. The van der Waals surface area contributed by atoms with E-state index in [-0.39, 0.29) is 16.8 Å². The first-order valence-electron chi connectivity index (χ1n) is 10.3. The van der Waals surface area contributed by atoms with Gasteiger partial charge in [-0.25, -0.2) is 8.42 Å². The van der Waals surface area contributed by atoms with E-state index in [1.54, 1.807) is 54.6 Å². The van der Waals surface area contributed by atoms with E-state index in [0.29, 0.717) is 11.3 Å². The molecular formula is C25H28N2O3S. The van der Waals surface area contributed by atoms with Gasteiger partial charge in [0.2, 0.25) is 0 Å². The topological polar surface area (TPSA) is 66.5 Å². The Labute approximate surface area is 184 Å². The summed E-state index contributed by atoms with van der Waals surface area (Å²) in [6.45, 7) is 6.14. The van der Waals surface area contributed by atoms with Crippen LogP contribution < -0.4 is 9.62 Å². The highest BCUT2D eigenvalue weighted by Crippen LogP contribution is 2.24. The van der Waals surface area contributed by atoms with Crippen LogP contribution in [-0.2, 0) is 10.0 Å². The zero-order valence-corrected chi connectivity index (χ0v) is 19.1. The van der Waals surface area contributed by atoms with Gasteiger partial charge in [-0.1, -0.05) is 49.4 Å². The molecule has 0 radical (unpaired) electrons. The molecule has 0 fully saturated rings. The summed E-state index contributed by atoms with van der Waals surface area (Å²) >= 11 is 0. The van der Waals surface area contributed by atoms with Crippen molar-refractivity contribution in [2.24, 2.45) is 0 Å². The molecule has 0 saturated carbocycles. The fourth-order valence-electron chi connectivity index (χ4n) is 3.38.